The molecule has 29 heavy (non-hydrogen) atoms. The molecule has 1 aromatic rings. The Hall–Kier alpha value is -1.84. The lowest BCUT2D eigenvalue weighted by Gasteiger charge is -2.47. The Kier molecular flexibility index (Phi) is 5.98. The zero-order valence-corrected chi connectivity index (χ0v) is 18.5. The fourth-order valence-electron chi connectivity index (χ4n) is 6.46. The average molecular weight is 396 g/mol. The van der Waals surface area contributed by atoms with Gasteiger partial charge in [-0.1, -0.05) is 50.1 Å². The first-order chi connectivity index (χ1) is 14.0. The molecule has 2 aliphatic carbocycles. The van der Waals surface area contributed by atoms with Gasteiger partial charge in [-0.15, -0.1) is 0 Å². The first-order valence-corrected chi connectivity index (χ1v) is 11.6. The summed E-state index contributed by atoms with van der Waals surface area (Å²) in [6.45, 7) is 6.70. The van der Waals surface area contributed by atoms with Gasteiger partial charge in [-0.05, 0) is 62.8 Å². The molecule has 1 aliphatic heterocycles. The van der Waals surface area contributed by atoms with Crippen LogP contribution in [0.3, 0.4) is 0 Å². The molecule has 4 nitrogen and oxygen atoms in total. The van der Waals surface area contributed by atoms with E-state index in [1.54, 1.807) is 0 Å². The van der Waals surface area contributed by atoms with Crippen LogP contribution < -0.4 is 0 Å². The van der Waals surface area contributed by atoms with E-state index in [9.17, 15) is 4.79 Å². The zero-order chi connectivity index (χ0) is 20.5. The van der Waals surface area contributed by atoms with Crippen molar-refractivity contribution in [2.45, 2.75) is 77.4 Å². The number of carbonyl (C=O) groups is 1. The molecular weight excluding hydrogens is 358 g/mol. The van der Waals surface area contributed by atoms with E-state index >= 15 is 0 Å². The van der Waals surface area contributed by atoms with Crippen LogP contribution in [-0.2, 0) is 4.79 Å². The van der Waals surface area contributed by atoms with Crippen molar-refractivity contribution in [1.29, 1.82) is 0 Å². The molecule has 1 heterocycles. The molecular formula is C25H37N3O. The van der Waals surface area contributed by atoms with Crippen molar-refractivity contribution in [1.82, 2.24) is 9.91 Å². The van der Waals surface area contributed by atoms with E-state index in [-0.39, 0.29) is 23.9 Å². The summed E-state index contributed by atoms with van der Waals surface area (Å²) in [5.41, 5.74) is 1.17. The smallest absolute Gasteiger partial charge is 0.234 e. The summed E-state index contributed by atoms with van der Waals surface area (Å²) in [5, 5.41) is 6.51. The van der Waals surface area contributed by atoms with Crippen molar-refractivity contribution < 1.29 is 4.79 Å². The maximum atomic E-state index is 14.0. The molecule has 0 aromatic heterocycles. The Balaban J connectivity index is 1.64. The van der Waals surface area contributed by atoms with Crippen LogP contribution in [0.15, 0.2) is 35.4 Å². The highest BCUT2D eigenvalue weighted by Gasteiger charge is 2.48. The summed E-state index contributed by atoms with van der Waals surface area (Å²) in [5.74, 6) is 2.31. The van der Waals surface area contributed by atoms with Gasteiger partial charge in [0.2, 0.25) is 5.91 Å². The molecule has 0 N–H and O–H groups in total. The zero-order valence-electron chi connectivity index (χ0n) is 18.5. The van der Waals surface area contributed by atoms with E-state index in [1.807, 2.05) is 24.3 Å². The van der Waals surface area contributed by atoms with Crippen molar-refractivity contribution in [3.8, 4) is 0 Å². The highest BCUT2D eigenvalue weighted by molar-refractivity contribution is 5.95. The lowest BCUT2D eigenvalue weighted by Crippen LogP contribution is -2.55. The molecule has 0 saturated heterocycles. The van der Waals surface area contributed by atoms with Crippen LogP contribution in [0.4, 0.5) is 0 Å². The number of hydrogen-bond acceptors (Lipinski definition) is 3. The molecule has 1 amide bonds. The number of carbonyl (C=O) groups excluding carboxylic acids is 1. The van der Waals surface area contributed by atoms with E-state index < -0.39 is 0 Å². The lowest BCUT2D eigenvalue weighted by atomic mass is 9.73. The topological polar surface area (TPSA) is 35.9 Å². The first-order valence-electron chi connectivity index (χ1n) is 11.6. The van der Waals surface area contributed by atoms with Gasteiger partial charge in [-0.3, -0.25) is 9.80 Å². The van der Waals surface area contributed by atoms with Crippen LogP contribution in [-0.4, -0.2) is 41.2 Å². The fraction of sp³-hybridized carbons (Fsp3) is 0.680. The van der Waals surface area contributed by atoms with Crippen molar-refractivity contribution in [3.05, 3.63) is 35.9 Å². The third-order valence-corrected chi connectivity index (χ3v) is 7.55. The standard InChI is InChI=1S/C25H37N3O/c1-5-9-20-14-18-12-13-21(15-18)23(20)28(17(2)3)25(29)22-16-26-27(4)24(22)19-10-7-6-8-11-19/h6-8,10-11,16-18,20-24H,5,9,12-15H2,1-4H3. The fourth-order valence-corrected chi connectivity index (χ4v) is 6.46. The monoisotopic (exact) mass is 395 g/mol. The molecule has 4 rings (SSSR count). The Labute approximate surface area is 176 Å². The maximum absolute atomic E-state index is 14.0. The number of rotatable bonds is 6. The largest absolute Gasteiger partial charge is 0.336 e. The summed E-state index contributed by atoms with van der Waals surface area (Å²) < 4.78 is 0. The van der Waals surface area contributed by atoms with Gasteiger partial charge >= 0.3 is 0 Å². The van der Waals surface area contributed by atoms with Crippen LogP contribution >= 0.6 is 0 Å². The number of nitrogens with zero attached hydrogens (tertiary/aromatic N) is 3. The Bertz CT molecular complexity index is 731. The van der Waals surface area contributed by atoms with Gasteiger partial charge in [0.1, 0.15) is 5.92 Å². The predicted molar refractivity (Wildman–Crippen MR) is 119 cm³/mol. The molecule has 6 unspecified atom stereocenters. The van der Waals surface area contributed by atoms with E-state index in [1.165, 1.54) is 44.1 Å². The minimum atomic E-state index is -0.203. The second-order valence-corrected chi connectivity index (χ2v) is 9.77. The van der Waals surface area contributed by atoms with Crippen molar-refractivity contribution in [2.75, 3.05) is 7.05 Å². The second-order valence-electron chi connectivity index (χ2n) is 9.77. The van der Waals surface area contributed by atoms with Crippen LogP contribution in [0.5, 0.6) is 0 Å². The van der Waals surface area contributed by atoms with Gasteiger partial charge in [0.05, 0.1) is 6.04 Å². The van der Waals surface area contributed by atoms with Gasteiger partial charge < -0.3 is 4.90 Å². The van der Waals surface area contributed by atoms with Crippen LogP contribution in [0.25, 0.3) is 0 Å². The highest BCUT2D eigenvalue weighted by Crippen LogP contribution is 2.49. The second kappa shape index (κ2) is 8.49. The minimum Gasteiger partial charge on any atom is -0.336 e. The molecule has 1 aromatic carbocycles. The van der Waals surface area contributed by atoms with Crippen LogP contribution in [0.2, 0.25) is 0 Å². The number of amides is 1. The van der Waals surface area contributed by atoms with Crippen LogP contribution in [0.1, 0.15) is 70.9 Å². The average Bonchev–Trinajstić information content (AvgIpc) is 3.28. The maximum Gasteiger partial charge on any atom is 0.234 e. The molecule has 3 aliphatic rings. The molecule has 0 spiro atoms. The van der Waals surface area contributed by atoms with E-state index in [2.05, 4.69) is 55.0 Å². The van der Waals surface area contributed by atoms with Crippen molar-refractivity contribution in [2.24, 2.45) is 28.8 Å². The molecule has 4 heteroatoms. The quantitative estimate of drug-likeness (QED) is 0.670. The number of benzene rings is 1. The van der Waals surface area contributed by atoms with E-state index in [0.29, 0.717) is 17.9 Å². The first kappa shape index (κ1) is 20.4. The predicted octanol–water partition coefficient (Wildman–Crippen LogP) is 5.12. The third-order valence-electron chi connectivity index (χ3n) is 7.55. The van der Waals surface area contributed by atoms with Crippen molar-refractivity contribution in [3.63, 3.8) is 0 Å². The number of hydrazone groups is 1. The number of hydrogen-bond donors (Lipinski definition) is 0. The third kappa shape index (κ3) is 3.83. The van der Waals surface area contributed by atoms with Gasteiger partial charge in [-0.25, -0.2) is 0 Å². The molecule has 2 fully saturated rings. The molecule has 2 saturated carbocycles. The Morgan fingerprint density at radius 2 is 1.97 bits per heavy atom. The summed E-state index contributed by atoms with van der Waals surface area (Å²) in [6.07, 6.45) is 9.64. The van der Waals surface area contributed by atoms with Gasteiger partial charge in [0.15, 0.2) is 0 Å². The summed E-state index contributed by atoms with van der Waals surface area (Å²) in [7, 11) is 1.99. The van der Waals surface area contributed by atoms with Gasteiger partial charge in [0, 0.05) is 25.3 Å². The summed E-state index contributed by atoms with van der Waals surface area (Å²) >= 11 is 0. The normalized spacial score (nSPS) is 33.5. The Morgan fingerprint density at radius 3 is 2.66 bits per heavy atom. The lowest BCUT2D eigenvalue weighted by molar-refractivity contribution is -0.143. The SMILES string of the molecule is CCCC1CC2CCC(C2)C1N(C(=O)C1C=NN(C)C1c1ccccc1)C(C)C. The highest BCUT2D eigenvalue weighted by atomic mass is 16.2. The molecule has 6 atom stereocenters. The minimum absolute atomic E-state index is 0.00510. The molecule has 158 valence electrons. The number of fused-ring (bicyclic) bond motifs is 2. The van der Waals surface area contributed by atoms with E-state index in [0.717, 1.165) is 5.92 Å². The van der Waals surface area contributed by atoms with E-state index in [4.69, 9.17) is 0 Å². The van der Waals surface area contributed by atoms with Gasteiger partial charge in [-0.2, -0.15) is 5.10 Å². The molecule has 2 bridgehead atoms. The summed E-state index contributed by atoms with van der Waals surface area (Å²) in [4.78, 5) is 16.3. The van der Waals surface area contributed by atoms with Gasteiger partial charge in [0.25, 0.3) is 0 Å². The molecule has 0 radical (unpaired) electrons. The van der Waals surface area contributed by atoms with Crippen molar-refractivity contribution >= 4 is 12.1 Å². The Morgan fingerprint density at radius 1 is 1.21 bits per heavy atom. The van der Waals surface area contributed by atoms with Crippen LogP contribution in [0, 0.1) is 23.7 Å². The summed E-state index contributed by atoms with van der Waals surface area (Å²) in [6, 6.07) is 11.0.